The quantitative estimate of drug-likeness (QED) is 0.0943. The second kappa shape index (κ2) is 16.9. The van der Waals surface area contributed by atoms with E-state index in [0.717, 1.165) is 5.56 Å². The number of nitrogens with one attached hydrogen (secondary N) is 4. The maximum absolute atomic E-state index is 13.5. The molecule has 0 saturated heterocycles. The molecule has 0 saturated carbocycles. The molecule has 278 valence electrons. The largest absolute Gasteiger partial charge is 0.497 e. The SMILES string of the molecule is CC.COc1ccc2nc3c(c(CNC(=O)CNC(=O)C(Cc4ccccc4)NC(=O)CNC(=O)CN)c2c1)Cn1c-3cc2c(c1=O)COC(=O)C2O. The van der Waals surface area contributed by atoms with Crippen LogP contribution in [0.5, 0.6) is 5.75 Å². The Labute approximate surface area is 304 Å². The first kappa shape index (κ1) is 38.1. The summed E-state index contributed by atoms with van der Waals surface area (Å²) < 4.78 is 11.9. The van der Waals surface area contributed by atoms with Crippen LogP contribution >= 0.6 is 0 Å². The minimum atomic E-state index is -1.60. The van der Waals surface area contributed by atoms with Crippen LogP contribution < -0.4 is 37.3 Å². The van der Waals surface area contributed by atoms with E-state index in [1.54, 1.807) is 48.5 Å². The number of nitrogens with zero attached hydrogens (tertiary/aromatic N) is 2. The molecule has 2 aromatic carbocycles. The van der Waals surface area contributed by atoms with Crippen molar-refractivity contribution in [3.63, 3.8) is 0 Å². The number of hydrogen-bond acceptors (Lipinski definition) is 11. The third-order valence-electron chi connectivity index (χ3n) is 8.73. The molecule has 16 heteroatoms. The Morgan fingerprint density at radius 2 is 1.72 bits per heavy atom. The number of carbonyl (C=O) groups is 5. The molecule has 0 radical (unpaired) electrons. The lowest BCUT2D eigenvalue weighted by atomic mass is 9.98. The van der Waals surface area contributed by atoms with Crippen molar-refractivity contribution in [2.75, 3.05) is 26.7 Å². The normalized spacial score (nSPS) is 14.3. The number of ether oxygens (including phenoxy) is 2. The van der Waals surface area contributed by atoms with Gasteiger partial charge in [0.05, 0.1) is 55.8 Å². The van der Waals surface area contributed by atoms with Gasteiger partial charge < -0.3 is 46.1 Å². The Bertz CT molecular complexity index is 2120. The highest BCUT2D eigenvalue weighted by Gasteiger charge is 2.35. The predicted octanol–water partition coefficient (Wildman–Crippen LogP) is 0.0850. The summed E-state index contributed by atoms with van der Waals surface area (Å²) in [5.74, 6) is -2.59. The average molecular weight is 728 g/mol. The van der Waals surface area contributed by atoms with Crippen molar-refractivity contribution in [1.29, 1.82) is 0 Å². The first-order chi connectivity index (χ1) is 25.6. The predicted molar refractivity (Wildman–Crippen MR) is 192 cm³/mol. The number of hydrogen-bond donors (Lipinski definition) is 6. The molecule has 0 aliphatic carbocycles. The zero-order valence-corrected chi connectivity index (χ0v) is 29.5. The van der Waals surface area contributed by atoms with Gasteiger partial charge in [0, 0.05) is 29.5 Å². The zero-order chi connectivity index (χ0) is 38.2. The van der Waals surface area contributed by atoms with Crippen LogP contribution in [0.15, 0.2) is 59.4 Å². The maximum atomic E-state index is 13.5. The number of aromatic nitrogens is 2. The van der Waals surface area contributed by atoms with Crippen LogP contribution in [0.3, 0.4) is 0 Å². The Kier molecular flexibility index (Phi) is 12.2. The molecular weight excluding hydrogens is 686 g/mol. The van der Waals surface area contributed by atoms with Gasteiger partial charge in [-0.1, -0.05) is 44.2 Å². The average Bonchev–Trinajstić information content (AvgIpc) is 3.55. The van der Waals surface area contributed by atoms with Gasteiger partial charge >= 0.3 is 5.97 Å². The van der Waals surface area contributed by atoms with E-state index in [1.807, 2.05) is 19.9 Å². The van der Waals surface area contributed by atoms with Gasteiger partial charge in [-0.05, 0) is 35.4 Å². The lowest BCUT2D eigenvalue weighted by Gasteiger charge is -2.21. The number of nitrogens with two attached hydrogens (primary N) is 1. The molecule has 4 aromatic rings. The number of cyclic esters (lactones) is 1. The van der Waals surface area contributed by atoms with Crippen molar-refractivity contribution in [1.82, 2.24) is 30.8 Å². The summed E-state index contributed by atoms with van der Waals surface area (Å²) in [6.07, 6.45) is -1.48. The summed E-state index contributed by atoms with van der Waals surface area (Å²) in [6, 6.07) is 14.7. The molecule has 0 bridgehead atoms. The van der Waals surface area contributed by atoms with Gasteiger partial charge in [0.15, 0.2) is 6.10 Å². The number of aliphatic hydroxyl groups excluding tert-OH is 1. The highest BCUT2D eigenvalue weighted by Crippen LogP contribution is 2.38. The molecule has 2 atom stereocenters. The van der Waals surface area contributed by atoms with Crippen molar-refractivity contribution in [2.45, 2.75) is 52.1 Å². The van der Waals surface area contributed by atoms with E-state index in [9.17, 15) is 33.9 Å². The van der Waals surface area contributed by atoms with Crippen molar-refractivity contribution in [2.24, 2.45) is 5.73 Å². The van der Waals surface area contributed by atoms with E-state index in [4.69, 9.17) is 20.2 Å². The molecule has 2 aromatic heterocycles. The minimum Gasteiger partial charge on any atom is -0.497 e. The highest BCUT2D eigenvalue weighted by molar-refractivity contribution is 5.93. The van der Waals surface area contributed by atoms with Crippen LogP contribution in [-0.4, -0.2) is 77.0 Å². The van der Waals surface area contributed by atoms with Crippen LogP contribution in [0, 0.1) is 0 Å². The first-order valence-corrected chi connectivity index (χ1v) is 17.0. The van der Waals surface area contributed by atoms with Gasteiger partial charge in [0.1, 0.15) is 18.4 Å². The number of carbonyl (C=O) groups excluding carboxylic acids is 5. The molecule has 0 fully saturated rings. The van der Waals surface area contributed by atoms with E-state index in [2.05, 4.69) is 21.3 Å². The Morgan fingerprint density at radius 1 is 0.981 bits per heavy atom. The van der Waals surface area contributed by atoms with Gasteiger partial charge in [-0.2, -0.15) is 0 Å². The smallest absolute Gasteiger partial charge is 0.340 e. The van der Waals surface area contributed by atoms with Gasteiger partial charge in [-0.15, -0.1) is 0 Å². The number of amides is 4. The van der Waals surface area contributed by atoms with Crippen molar-refractivity contribution >= 4 is 40.5 Å². The number of esters is 1. The lowest BCUT2D eigenvalue weighted by Crippen LogP contribution is -2.52. The molecule has 7 N–H and O–H groups in total. The van der Waals surface area contributed by atoms with E-state index in [0.29, 0.717) is 39.2 Å². The third kappa shape index (κ3) is 8.34. The second-order valence-electron chi connectivity index (χ2n) is 12.0. The fourth-order valence-electron chi connectivity index (χ4n) is 6.11. The fraction of sp³-hybridized carbons (Fsp3) is 0.324. The summed E-state index contributed by atoms with van der Waals surface area (Å²) in [7, 11) is 1.52. The summed E-state index contributed by atoms with van der Waals surface area (Å²) in [6.45, 7) is 2.74. The molecule has 4 amide bonds. The Hall–Kier alpha value is -6.13. The maximum Gasteiger partial charge on any atom is 0.340 e. The fourth-order valence-corrected chi connectivity index (χ4v) is 6.11. The minimum absolute atomic E-state index is 0.0130. The van der Waals surface area contributed by atoms with Gasteiger partial charge in [-0.25, -0.2) is 9.78 Å². The van der Waals surface area contributed by atoms with Crippen molar-refractivity contribution in [3.8, 4) is 17.1 Å². The number of benzene rings is 2. The van der Waals surface area contributed by atoms with E-state index >= 15 is 0 Å². The van der Waals surface area contributed by atoms with Crippen molar-refractivity contribution in [3.05, 3.63) is 92.8 Å². The molecular formula is C37H41N7O9. The van der Waals surface area contributed by atoms with E-state index in [-0.39, 0.29) is 50.3 Å². The number of methoxy groups -OCH3 is 1. The molecule has 16 nitrogen and oxygen atoms in total. The number of pyridine rings is 2. The van der Waals surface area contributed by atoms with Crippen LogP contribution in [0.25, 0.3) is 22.3 Å². The first-order valence-electron chi connectivity index (χ1n) is 17.0. The monoisotopic (exact) mass is 727 g/mol. The van der Waals surface area contributed by atoms with Crippen LogP contribution in [0.1, 0.15) is 47.8 Å². The third-order valence-corrected chi connectivity index (χ3v) is 8.73. The zero-order valence-electron chi connectivity index (χ0n) is 29.5. The van der Waals surface area contributed by atoms with Gasteiger partial charge in [0.25, 0.3) is 5.56 Å². The standard InChI is InChI=1S/C35H35N7O9.C2H6/c1-50-19-7-8-25-20(10-19)22(23-16-42-27(31(23)41-25)11-21-24(34(42)48)17-51-35(49)32(21)46)13-37-29(44)14-39-33(47)26(9-18-5-3-2-4-6-18)40-30(45)15-38-28(43)12-36;1-2/h2-8,10-11,26,32,46H,9,12-17,36H2,1H3,(H,37,44)(H,38,43)(H,39,47)(H,40,45);1-2H3. The highest BCUT2D eigenvalue weighted by atomic mass is 16.5. The van der Waals surface area contributed by atoms with Crippen molar-refractivity contribution < 1.29 is 38.6 Å². The lowest BCUT2D eigenvalue weighted by molar-refractivity contribution is -0.157. The second-order valence-corrected chi connectivity index (χ2v) is 12.0. The molecule has 2 unspecified atom stereocenters. The molecule has 4 heterocycles. The molecule has 53 heavy (non-hydrogen) atoms. The number of aliphatic hydroxyl groups is 1. The molecule has 2 aliphatic rings. The number of fused-ring (bicyclic) bond motifs is 5. The number of rotatable bonds is 12. The molecule has 6 rings (SSSR count). The van der Waals surface area contributed by atoms with Crippen LogP contribution in [0.4, 0.5) is 0 Å². The molecule has 2 aliphatic heterocycles. The summed E-state index contributed by atoms with van der Waals surface area (Å²) >= 11 is 0. The van der Waals surface area contributed by atoms with Crippen LogP contribution in [-0.2, 0) is 54.8 Å². The topological polar surface area (TPSA) is 233 Å². The summed E-state index contributed by atoms with van der Waals surface area (Å²) in [5.41, 5.74) is 8.67. The molecule has 0 spiro atoms. The van der Waals surface area contributed by atoms with Gasteiger partial charge in [0.2, 0.25) is 23.6 Å². The summed E-state index contributed by atoms with van der Waals surface area (Å²) in [5, 5.41) is 21.5. The Morgan fingerprint density at radius 3 is 2.43 bits per heavy atom. The van der Waals surface area contributed by atoms with Crippen LogP contribution in [0.2, 0.25) is 0 Å². The van der Waals surface area contributed by atoms with E-state index < -0.39 is 53.8 Å². The van der Waals surface area contributed by atoms with Gasteiger partial charge in [-0.3, -0.25) is 24.0 Å². The summed E-state index contributed by atoms with van der Waals surface area (Å²) in [4.78, 5) is 80.8. The van der Waals surface area contributed by atoms with E-state index in [1.165, 1.54) is 11.7 Å². The Balaban J connectivity index is 0.00000266.